The smallest absolute Gasteiger partial charge is 0.262 e. The van der Waals surface area contributed by atoms with E-state index in [1.54, 1.807) is 0 Å². The Morgan fingerprint density at radius 1 is 1.53 bits per heavy atom. The number of halogens is 1. The lowest BCUT2D eigenvalue weighted by atomic mass is 9.90. The van der Waals surface area contributed by atoms with Crippen molar-refractivity contribution in [3.8, 4) is 0 Å². The molecule has 0 amide bonds. The number of hydrogen-bond donors (Lipinski definition) is 1. The van der Waals surface area contributed by atoms with Crippen LogP contribution in [0, 0.1) is 0 Å². The van der Waals surface area contributed by atoms with E-state index in [1.807, 2.05) is 12.1 Å². The van der Waals surface area contributed by atoms with Gasteiger partial charge >= 0.3 is 0 Å². The van der Waals surface area contributed by atoms with Crippen molar-refractivity contribution in [2.75, 3.05) is 5.32 Å². The first-order valence-electron chi connectivity index (χ1n) is 4.85. The van der Waals surface area contributed by atoms with Gasteiger partial charge in [0.25, 0.3) is 5.17 Å². The summed E-state index contributed by atoms with van der Waals surface area (Å²) in [5.41, 5.74) is 1.87. The minimum Gasteiger partial charge on any atom is -0.460 e. The molecule has 1 atom stereocenters. The van der Waals surface area contributed by atoms with E-state index in [4.69, 9.17) is 17.0 Å². The van der Waals surface area contributed by atoms with Crippen molar-refractivity contribution in [3.63, 3.8) is 0 Å². The Morgan fingerprint density at radius 2 is 2.27 bits per heavy atom. The van der Waals surface area contributed by atoms with E-state index >= 15 is 0 Å². The molecule has 0 saturated carbocycles. The van der Waals surface area contributed by atoms with Gasteiger partial charge in [0, 0.05) is 15.7 Å². The molecular formula is C11H12BrNOS. The molecule has 1 aromatic carbocycles. The Labute approximate surface area is 103 Å². The molecule has 0 unspecified atom stereocenters. The second kappa shape index (κ2) is 3.76. The van der Waals surface area contributed by atoms with Gasteiger partial charge in [-0.2, -0.15) is 0 Å². The molecule has 0 saturated heterocycles. The number of thiocarbonyl (C=S) groups is 1. The van der Waals surface area contributed by atoms with E-state index in [0.29, 0.717) is 5.17 Å². The van der Waals surface area contributed by atoms with Crippen LogP contribution in [0.4, 0.5) is 5.69 Å². The normalized spacial score (nSPS) is 24.1. The van der Waals surface area contributed by atoms with Gasteiger partial charge in [-0.1, -0.05) is 22.9 Å². The lowest BCUT2D eigenvalue weighted by molar-refractivity contribution is 0.0689. The average Bonchev–Trinajstić information content (AvgIpc) is 2.19. The molecule has 1 N–H and O–H groups in total. The highest BCUT2D eigenvalue weighted by atomic mass is 79.9. The summed E-state index contributed by atoms with van der Waals surface area (Å²) in [7, 11) is 0. The van der Waals surface area contributed by atoms with Crippen molar-refractivity contribution in [1.82, 2.24) is 0 Å². The largest absolute Gasteiger partial charge is 0.460 e. The van der Waals surface area contributed by atoms with Crippen LogP contribution in [0.25, 0.3) is 0 Å². The van der Waals surface area contributed by atoms with Crippen LogP contribution in [0.15, 0.2) is 22.7 Å². The van der Waals surface area contributed by atoms with Crippen LogP contribution in [0.2, 0.25) is 0 Å². The van der Waals surface area contributed by atoms with Crippen molar-refractivity contribution >= 4 is 39.0 Å². The first kappa shape index (κ1) is 10.9. The van der Waals surface area contributed by atoms with Crippen molar-refractivity contribution in [2.24, 2.45) is 0 Å². The van der Waals surface area contributed by atoms with Crippen LogP contribution >= 0.6 is 28.1 Å². The number of nitrogens with one attached hydrogen (secondary N) is 1. The Kier molecular flexibility index (Phi) is 2.73. The van der Waals surface area contributed by atoms with Gasteiger partial charge in [0.2, 0.25) is 0 Å². The van der Waals surface area contributed by atoms with Crippen LogP contribution in [0.1, 0.15) is 25.8 Å². The molecule has 0 radical (unpaired) electrons. The molecule has 80 valence electrons. The average molecular weight is 286 g/mol. The topological polar surface area (TPSA) is 21.3 Å². The van der Waals surface area contributed by atoms with Gasteiger partial charge in [0.05, 0.1) is 0 Å². The monoisotopic (exact) mass is 285 g/mol. The Morgan fingerprint density at radius 3 is 2.93 bits per heavy atom. The van der Waals surface area contributed by atoms with Crippen LogP contribution in [0.5, 0.6) is 0 Å². The molecule has 0 spiro atoms. The highest BCUT2D eigenvalue weighted by molar-refractivity contribution is 9.10. The Balaban J connectivity index is 2.57. The van der Waals surface area contributed by atoms with Crippen LogP contribution < -0.4 is 5.32 Å². The van der Waals surface area contributed by atoms with Gasteiger partial charge in [0.1, 0.15) is 5.60 Å². The van der Waals surface area contributed by atoms with Crippen molar-refractivity contribution in [2.45, 2.75) is 25.9 Å². The van der Waals surface area contributed by atoms with E-state index in [-0.39, 0.29) is 5.60 Å². The summed E-state index contributed by atoms with van der Waals surface area (Å²) in [6.45, 7) is 4.16. The van der Waals surface area contributed by atoms with E-state index in [9.17, 15) is 0 Å². The van der Waals surface area contributed by atoms with Crippen molar-refractivity contribution in [1.29, 1.82) is 0 Å². The number of fused-ring (bicyclic) bond motifs is 1. The predicted molar refractivity (Wildman–Crippen MR) is 69.1 cm³/mol. The second-order valence-corrected chi connectivity index (χ2v) is 5.08. The quantitative estimate of drug-likeness (QED) is 0.793. The Hall–Kier alpha value is -0.610. The van der Waals surface area contributed by atoms with Crippen molar-refractivity contribution < 1.29 is 4.74 Å². The highest BCUT2D eigenvalue weighted by Crippen LogP contribution is 2.39. The Bertz CT molecular complexity index is 421. The lowest BCUT2D eigenvalue weighted by Gasteiger charge is -2.36. The summed E-state index contributed by atoms with van der Waals surface area (Å²) >= 11 is 8.56. The molecule has 1 aliphatic rings. The summed E-state index contributed by atoms with van der Waals surface area (Å²) in [4.78, 5) is 0. The van der Waals surface area contributed by atoms with Gasteiger partial charge in [-0.05, 0) is 43.8 Å². The molecule has 1 aliphatic heterocycles. The number of anilines is 1. The first-order chi connectivity index (χ1) is 7.05. The lowest BCUT2D eigenvalue weighted by Crippen LogP contribution is -2.36. The van der Waals surface area contributed by atoms with Crippen molar-refractivity contribution in [3.05, 3.63) is 28.2 Å². The predicted octanol–water partition coefficient (Wildman–Crippen LogP) is 3.80. The summed E-state index contributed by atoms with van der Waals surface area (Å²) in [5, 5.41) is 3.52. The fourth-order valence-electron chi connectivity index (χ4n) is 1.72. The molecule has 0 bridgehead atoms. The van der Waals surface area contributed by atoms with Gasteiger partial charge in [0.15, 0.2) is 0 Å². The maximum atomic E-state index is 5.70. The zero-order valence-electron chi connectivity index (χ0n) is 8.63. The summed E-state index contributed by atoms with van der Waals surface area (Å²) in [5.74, 6) is 0. The van der Waals surface area contributed by atoms with Crippen LogP contribution in [-0.4, -0.2) is 5.17 Å². The van der Waals surface area contributed by atoms with E-state index in [1.165, 1.54) is 0 Å². The van der Waals surface area contributed by atoms with Gasteiger partial charge in [-0.3, -0.25) is 0 Å². The molecule has 1 aromatic rings. The summed E-state index contributed by atoms with van der Waals surface area (Å²) < 4.78 is 6.76. The molecule has 4 heteroatoms. The molecule has 2 rings (SSSR count). The maximum absolute atomic E-state index is 5.70. The van der Waals surface area contributed by atoms with Crippen LogP contribution in [-0.2, 0) is 10.3 Å². The molecule has 15 heavy (non-hydrogen) atoms. The van der Waals surface area contributed by atoms with Gasteiger partial charge < -0.3 is 10.1 Å². The first-order valence-corrected chi connectivity index (χ1v) is 6.05. The summed E-state index contributed by atoms with van der Waals surface area (Å²) in [6.07, 6.45) is 0.887. The number of benzene rings is 1. The van der Waals surface area contributed by atoms with E-state index in [0.717, 1.165) is 22.1 Å². The molecule has 1 heterocycles. The summed E-state index contributed by atoms with van der Waals surface area (Å²) in [6, 6.07) is 6.09. The maximum Gasteiger partial charge on any atom is 0.262 e. The molecule has 0 aromatic heterocycles. The number of rotatable bonds is 1. The van der Waals surface area contributed by atoms with E-state index < -0.39 is 0 Å². The SMILES string of the molecule is CC[C@]1(C)OC(=S)Nc2ccc(Br)cc21. The molecule has 0 fully saturated rings. The number of ether oxygens (including phenoxy) is 1. The van der Waals surface area contributed by atoms with E-state index in [2.05, 4.69) is 41.2 Å². The zero-order chi connectivity index (χ0) is 11.1. The fraction of sp³-hybridized carbons (Fsp3) is 0.364. The second-order valence-electron chi connectivity index (χ2n) is 3.79. The third kappa shape index (κ3) is 1.88. The van der Waals surface area contributed by atoms with Gasteiger partial charge in [-0.15, -0.1) is 0 Å². The third-order valence-corrected chi connectivity index (χ3v) is 3.46. The van der Waals surface area contributed by atoms with Crippen LogP contribution in [0.3, 0.4) is 0 Å². The minimum absolute atomic E-state index is 0.318. The fourth-order valence-corrected chi connectivity index (χ4v) is 2.38. The molecule has 2 nitrogen and oxygen atoms in total. The minimum atomic E-state index is -0.318. The molecular weight excluding hydrogens is 274 g/mol. The number of hydrogen-bond acceptors (Lipinski definition) is 2. The zero-order valence-corrected chi connectivity index (χ0v) is 11.0. The highest BCUT2D eigenvalue weighted by Gasteiger charge is 2.34. The third-order valence-electron chi connectivity index (χ3n) is 2.78. The molecule has 0 aliphatic carbocycles. The van der Waals surface area contributed by atoms with Gasteiger partial charge in [-0.25, -0.2) is 0 Å². The standard InChI is InChI=1S/C11H12BrNOS/c1-3-11(2)8-6-7(12)4-5-9(8)13-10(15)14-11/h4-6H,3H2,1-2H3,(H,13,15)/t11-/m0/s1.